The van der Waals surface area contributed by atoms with Gasteiger partial charge in [0.05, 0.1) is 0 Å². The average molecular weight is 249 g/mol. The van der Waals surface area contributed by atoms with Crippen LogP contribution in [0.15, 0.2) is 0 Å². The fourth-order valence-electron chi connectivity index (χ4n) is 5.29. The SMILES string of the molecule is CCCNCC1(CC2CC3CCC2C3)CCCC1. The molecule has 0 spiro atoms. The van der Waals surface area contributed by atoms with Crippen LogP contribution in [0, 0.1) is 23.2 Å². The van der Waals surface area contributed by atoms with E-state index in [1.807, 2.05) is 0 Å². The first-order valence-corrected chi connectivity index (χ1v) is 8.52. The number of fused-ring (bicyclic) bond motifs is 2. The van der Waals surface area contributed by atoms with Gasteiger partial charge in [-0.25, -0.2) is 0 Å². The minimum atomic E-state index is 0.699. The van der Waals surface area contributed by atoms with Gasteiger partial charge in [0.1, 0.15) is 0 Å². The maximum Gasteiger partial charge on any atom is 0.000791 e. The highest BCUT2D eigenvalue weighted by atomic mass is 14.9. The lowest BCUT2D eigenvalue weighted by atomic mass is 9.73. The van der Waals surface area contributed by atoms with Gasteiger partial charge in [0.15, 0.2) is 0 Å². The third kappa shape index (κ3) is 2.61. The van der Waals surface area contributed by atoms with E-state index >= 15 is 0 Å². The molecule has 0 heterocycles. The van der Waals surface area contributed by atoms with Crippen molar-refractivity contribution in [1.29, 1.82) is 0 Å². The molecule has 1 heteroatoms. The fraction of sp³-hybridized carbons (Fsp3) is 1.00. The van der Waals surface area contributed by atoms with Crippen LogP contribution in [0.5, 0.6) is 0 Å². The molecule has 3 fully saturated rings. The number of nitrogens with one attached hydrogen (secondary N) is 1. The van der Waals surface area contributed by atoms with Crippen LogP contribution in [0.3, 0.4) is 0 Å². The molecule has 1 N–H and O–H groups in total. The Balaban J connectivity index is 1.56. The van der Waals surface area contributed by atoms with Crippen LogP contribution in [0.2, 0.25) is 0 Å². The second kappa shape index (κ2) is 5.53. The molecule has 3 unspecified atom stereocenters. The van der Waals surface area contributed by atoms with E-state index in [9.17, 15) is 0 Å². The van der Waals surface area contributed by atoms with E-state index in [1.165, 1.54) is 45.2 Å². The standard InChI is InChI=1S/C17H31N/c1-2-9-18-13-17(7-3-4-8-17)12-16-11-14-5-6-15(16)10-14/h14-16,18H,2-13H2,1H3. The van der Waals surface area contributed by atoms with Crippen molar-refractivity contribution in [3.05, 3.63) is 0 Å². The Bertz CT molecular complexity index is 267. The largest absolute Gasteiger partial charge is 0.316 e. The van der Waals surface area contributed by atoms with E-state index in [-0.39, 0.29) is 0 Å². The Morgan fingerprint density at radius 3 is 2.56 bits per heavy atom. The molecule has 0 aromatic carbocycles. The van der Waals surface area contributed by atoms with E-state index < -0.39 is 0 Å². The molecule has 18 heavy (non-hydrogen) atoms. The molecule has 3 atom stereocenters. The molecule has 3 aliphatic carbocycles. The van der Waals surface area contributed by atoms with Crippen molar-refractivity contribution in [1.82, 2.24) is 5.32 Å². The zero-order valence-electron chi connectivity index (χ0n) is 12.2. The predicted octanol–water partition coefficient (Wildman–Crippen LogP) is 4.37. The molecule has 3 rings (SSSR count). The molecule has 2 bridgehead atoms. The van der Waals surface area contributed by atoms with Gasteiger partial charge in [-0.15, -0.1) is 0 Å². The van der Waals surface area contributed by atoms with Gasteiger partial charge in [-0.2, -0.15) is 0 Å². The first-order chi connectivity index (χ1) is 8.81. The highest BCUT2D eigenvalue weighted by molar-refractivity contribution is 4.96. The van der Waals surface area contributed by atoms with Crippen LogP contribution in [-0.4, -0.2) is 13.1 Å². The normalized spacial score (nSPS) is 37.5. The third-order valence-corrected chi connectivity index (χ3v) is 6.17. The minimum absolute atomic E-state index is 0.699. The second-order valence-corrected chi connectivity index (χ2v) is 7.52. The van der Waals surface area contributed by atoms with Crippen molar-refractivity contribution in [2.45, 2.75) is 71.1 Å². The van der Waals surface area contributed by atoms with E-state index in [2.05, 4.69) is 12.2 Å². The molecule has 0 saturated heterocycles. The Morgan fingerprint density at radius 1 is 1.11 bits per heavy atom. The predicted molar refractivity (Wildman–Crippen MR) is 77.6 cm³/mol. The third-order valence-electron chi connectivity index (χ3n) is 6.17. The molecule has 1 nitrogen and oxygen atoms in total. The van der Waals surface area contributed by atoms with Gasteiger partial charge in [-0.05, 0) is 74.7 Å². The van der Waals surface area contributed by atoms with Gasteiger partial charge in [-0.1, -0.05) is 26.2 Å². The molecule has 3 aliphatic rings. The van der Waals surface area contributed by atoms with Crippen molar-refractivity contribution in [2.75, 3.05) is 13.1 Å². The molecule has 0 aliphatic heterocycles. The Labute approximate surface area is 113 Å². The van der Waals surface area contributed by atoms with Gasteiger partial charge in [0.25, 0.3) is 0 Å². The summed E-state index contributed by atoms with van der Waals surface area (Å²) in [6.07, 6.45) is 15.1. The van der Waals surface area contributed by atoms with Gasteiger partial charge in [0, 0.05) is 6.54 Å². The summed E-state index contributed by atoms with van der Waals surface area (Å²) < 4.78 is 0. The Hall–Kier alpha value is -0.0400. The number of hydrogen-bond donors (Lipinski definition) is 1. The van der Waals surface area contributed by atoms with Gasteiger partial charge in [-0.3, -0.25) is 0 Å². The summed E-state index contributed by atoms with van der Waals surface area (Å²) in [5.41, 5.74) is 0.699. The molecule has 104 valence electrons. The van der Waals surface area contributed by atoms with Gasteiger partial charge < -0.3 is 5.32 Å². The summed E-state index contributed by atoms with van der Waals surface area (Å²) >= 11 is 0. The van der Waals surface area contributed by atoms with Crippen molar-refractivity contribution in [3.63, 3.8) is 0 Å². The smallest absolute Gasteiger partial charge is 0.000791 e. The van der Waals surface area contributed by atoms with Gasteiger partial charge in [0.2, 0.25) is 0 Å². The molecule has 0 aromatic heterocycles. The fourth-order valence-corrected chi connectivity index (χ4v) is 5.29. The van der Waals surface area contributed by atoms with Crippen LogP contribution in [-0.2, 0) is 0 Å². The zero-order valence-corrected chi connectivity index (χ0v) is 12.2. The van der Waals surface area contributed by atoms with Crippen LogP contribution in [0.1, 0.15) is 71.1 Å². The van der Waals surface area contributed by atoms with Crippen molar-refractivity contribution < 1.29 is 0 Å². The first kappa shape index (κ1) is 13.0. The number of rotatable bonds is 6. The molecule has 0 amide bonds. The highest BCUT2D eigenvalue weighted by Gasteiger charge is 2.44. The molecular weight excluding hydrogens is 218 g/mol. The lowest BCUT2D eigenvalue weighted by molar-refractivity contribution is 0.171. The van der Waals surface area contributed by atoms with E-state index in [1.54, 1.807) is 32.1 Å². The summed E-state index contributed by atoms with van der Waals surface area (Å²) in [5.74, 6) is 3.35. The van der Waals surface area contributed by atoms with Crippen molar-refractivity contribution in [2.24, 2.45) is 23.2 Å². The van der Waals surface area contributed by atoms with Crippen molar-refractivity contribution >= 4 is 0 Å². The quantitative estimate of drug-likeness (QED) is 0.689. The lowest BCUT2D eigenvalue weighted by Gasteiger charge is -2.35. The Morgan fingerprint density at radius 2 is 1.94 bits per heavy atom. The summed E-state index contributed by atoms with van der Waals surface area (Å²) in [7, 11) is 0. The van der Waals surface area contributed by atoms with E-state index in [0.717, 1.165) is 17.8 Å². The zero-order chi connectivity index (χ0) is 12.4. The summed E-state index contributed by atoms with van der Waals surface area (Å²) in [4.78, 5) is 0. The lowest BCUT2D eigenvalue weighted by Crippen LogP contribution is -2.35. The summed E-state index contributed by atoms with van der Waals surface area (Å²) in [5, 5.41) is 3.74. The highest BCUT2D eigenvalue weighted by Crippen LogP contribution is 2.54. The monoisotopic (exact) mass is 249 g/mol. The molecular formula is C17H31N. The van der Waals surface area contributed by atoms with Crippen LogP contribution >= 0.6 is 0 Å². The van der Waals surface area contributed by atoms with E-state index in [0.29, 0.717) is 5.41 Å². The minimum Gasteiger partial charge on any atom is -0.316 e. The van der Waals surface area contributed by atoms with Crippen molar-refractivity contribution in [3.8, 4) is 0 Å². The van der Waals surface area contributed by atoms with Gasteiger partial charge >= 0.3 is 0 Å². The molecule has 0 aromatic rings. The molecule has 0 radical (unpaired) electrons. The second-order valence-electron chi connectivity index (χ2n) is 7.52. The Kier molecular flexibility index (Phi) is 3.98. The molecule has 3 saturated carbocycles. The number of hydrogen-bond acceptors (Lipinski definition) is 1. The van der Waals surface area contributed by atoms with Crippen LogP contribution < -0.4 is 5.32 Å². The van der Waals surface area contributed by atoms with Crippen LogP contribution in [0.4, 0.5) is 0 Å². The van der Waals surface area contributed by atoms with Crippen LogP contribution in [0.25, 0.3) is 0 Å². The maximum atomic E-state index is 3.74. The summed E-state index contributed by atoms with van der Waals surface area (Å²) in [6, 6.07) is 0. The topological polar surface area (TPSA) is 12.0 Å². The average Bonchev–Trinajstić information content (AvgIpc) is 3.06. The maximum absolute atomic E-state index is 3.74. The van der Waals surface area contributed by atoms with E-state index in [4.69, 9.17) is 0 Å². The summed E-state index contributed by atoms with van der Waals surface area (Å²) in [6.45, 7) is 4.82. The first-order valence-electron chi connectivity index (χ1n) is 8.52.